The molecule has 0 aliphatic carbocycles. The minimum atomic E-state index is 0.495. The Balaban J connectivity index is 1.73. The maximum atomic E-state index is 5.87. The highest BCUT2D eigenvalue weighted by Crippen LogP contribution is 2.22. The average molecular weight is 300 g/mol. The molecule has 0 amide bonds. The molecular formula is C17H14ClNO2. The zero-order valence-electron chi connectivity index (χ0n) is 11.5. The van der Waals surface area contributed by atoms with Crippen LogP contribution < -0.4 is 9.47 Å². The summed E-state index contributed by atoms with van der Waals surface area (Å²) in [5.74, 6) is 1.65. The van der Waals surface area contributed by atoms with Crippen LogP contribution in [0, 0.1) is 0 Å². The smallest absolute Gasteiger partial charge is 0.129 e. The first kappa shape index (κ1) is 13.7. The van der Waals surface area contributed by atoms with Crippen LogP contribution in [0.25, 0.3) is 10.9 Å². The summed E-state index contributed by atoms with van der Waals surface area (Å²) < 4.78 is 10.9. The number of ether oxygens (including phenoxy) is 2. The van der Waals surface area contributed by atoms with E-state index in [1.165, 1.54) is 0 Å². The molecule has 0 saturated heterocycles. The van der Waals surface area contributed by atoms with Gasteiger partial charge in [0.25, 0.3) is 0 Å². The Hall–Kier alpha value is -2.26. The molecule has 0 spiro atoms. The third-order valence-corrected chi connectivity index (χ3v) is 3.40. The lowest BCUT2D eigenvalue weighted by atomic mass is 10.2. The van der Waals surface area contributed by atoms with Crippen molar-refractivity contribution in [1.29, 1.82) is 0 Å². The largest absolute Gasteiger partial charge is 0.497 e. The molecule has 0 saturated carbocycles. The van der Waals surface area contributed by atoms with Gasteiger partial charge in [-0.2, -0.15) is 0 Å². The molecule has 0 bridgehead atoms. The molecule has 106 valence electrons. The van der Waals surface area contributed by atoms with Gasteiger partial charge in [0, 0.05) is 5.39 Å². The van der Waals surface area contributed by atoms with Gasteiger partial charge in [0.15, 0.2) is 0 Å². The van der Waals surface area contributed by atoms with Crippen LogP contribution in [0.15, 0.2) is 54.6 Å². The number of halogens is 1. The SMILES string of the molecule is COc1ccc(COc2ccc3nc(Cl)ccc3c2)cc1. The van der Waals surface area contributed by atoms with Crippen LogP contribution in [0.1, 0.15) is 5.56 Å². The van der Waals surface area contributed by atoms with Crippen LogP contribution in [-0.2, 0) is 6.61 Å². The molecule has 3 rings (SSSR count). The van der Waals surface area contributed by atoms with E-state index in [1.807, 2.05) is 48.5 Å². The molecule has 1 heterocycles. The van der Waals surface area contributed by atoms with Gasteiger partial charge in [0.1, 0.15) is 23.3 Å². The van der Waals surface area contributed by atoms with Crippen molar-refractivity contribution in [2.45, 2.75) is 6.61 Å². The summed E-state index contributed by atoms with van der Waals surface area (Å²) in [5, 5.41) is 1.50. The molecule has 0 N–H and O–H groups in total. The van der Waals surface area contributed by atoms with Crippen molar-refractivity contribution in [3.63, 3.8) is 0 Å². The molecular weight excluding hydrogens is 286 g/mol. The van der Waals surface area contributed by atoms with E-state index in [2.05, 4.69) is 4.98 Å². The van der Waals surface area contributed by atoms with E-state index >= 15 is 0 Å². The van der Waals surface area contributed by atoms with Gasteiger partial charge in [-0.05, 0) is 48.0 Å². The van der Waals surface area contributed by atoms with Gasteiger partial charge in [0.2, 0.25) is 0 Å². The number of methoxy groups -OCH3 is 1. The van der Waals surface area contributed by atoms with Crippen molar-refractivity contribution in [1.82, 2.24) is 4.98 Å². The van der Waals surface area contributed by atoms with Crippen LogP contribution in [0.4, 0.5) is 0 Å². The van der Waals surface area contributed by atoms with E-state index in [4.69, 9.17) is 21.1 Å². The number of nitrogens with zero attached hydrogens (tertiary/aromatic N) is 1. The van der Waals surface area contributed by atoms with Gasteiger partial charge in [-0.15, -0.1) is 0 Å². The van der Waals surface area contributed by atoms with Crippen LogP contribution in [-0.4, -0.2) is 12.1 Å². The summed E-state index contributed by atoms with van der Waals surface area (Å²) in [6.45, 7) is 0.510. The summed E-state index contributed by atoms with van der Waals surface area (Å²) in [4.78, 5) is 4.25. The van der Waals surface area contributed by atoms with Crippen LogP contribution in [0.3, 0.4) is 0 Å². The van der Waals surface area contributed by atoms with Crippen LogP contribution in [0.5, 0.6) is 11.5 Å². The van der Waals surface area contributed by atoms with Gasteiger partial charge in [-0.1, -0.05) is 23.7 Å². The van der Waals surface area contributed by atoms with Gasteiger partial charge in [-0.25, -0.2) is 4.98 Å². The normalized spacial score (nSPS) is 10.6. The molecule has 3 aromatic rings. The van der Waals surface area contributed by atoms with E-state index in [1.54, 1.807) is 13.2 Å². The summed E-state index contributed by atoms with van der Waals surface area (Å²) in [7, 11) is 1.65. The lowest BCUT2D eigenvalue weighted by Crippen LogP contribution is -1.95. The Morgan fingerprint density at radius 3 is 2.48 bits per heavy atom. The highest BCUT2D eigenvalue weighted by molar-refractivity contribution is 6.29. The summed E-state index contributed by atoms with van der Waals surface area (Å²) in [6.07, 6.45) is 0. The van der Waals surface area contributed by atoms with E-state index in [-0.39, 0.29) is 0 Å². The topological polar surface area (TPSA) is 31.4 Å². The minimum absolute atomic E-state index is 0.495. The lowest BCUT2D eigenvalue weighted by Gasteiger charge is -2.08. The molecule has 0 aliphatic rings. The zero-order chi connectivity index (χ0) is 14.7. The lowest BCUT2D eigenvalue weighted by molar-refractivity contribution is 0.306. The Morgan fingerprint density at radius 2 is 1.71 bits per heavy atom. The first-order chi connectivity index (χ1) is 10.2. The molecule has 0 fully saturated rings. The molecule has 21 heavy (non-hydrogen) atoms. The summed E-state index contributed by atoms with van der Waals surface area (Å²) >= 11 is 5.87. The molecule has 1 aromatic heterocycles. The fourth-order valence-electron chi connectivity index (χ4n) is 2.06. The van der Waals surface area contributed by atoms with Crippen molar-refractivity contribution < 1.29 is 9.47 Å². The summed E-state index contributed by atoms with van der Waals surface area (Å²) in [6, 6.07) is 17.3. The highest BCUT2D eigenvalue weighted by Gasteiger charge is 2.01. The molecule has 0 radical (unpaired) electrons. The standard InChI is InChI=1S/C17H14ClNO2/c1-20-14-5-2-12(3-6-14)11-21-15-7-8-16-13(10-15)4-9-17(18)19-16/h2-10H,11H2,1H3. The van der Waals surface area contributed by atoms with Crippen molar-refractivity contribution in [3.8, 4) is 11.5 Å². The van der Waals surface area contributed by atoms with Crippen LogP contribution >= 0.6 is 11.6 Å². The third-order valence-electron chi connectivity index (χ3n) is 3.19. The van der Waals surface area contributed by atoms with E-state index in [9.17, 15) is 0 Å². The Bertz CT molecular complexity index is 756. The number of pyridine rings is 1. The number of fused-ring (bicyclic) bond motifs is 1. The number of rotatable bonds is 4. The highest BCUT2D eigenvalue weighted by atomic mass is 35.5. The monoisotopic (exact) mass is 299 g/mol. The molecule has 3 nitrogen and oxygen atoms in total. The quantitative estimate of drug-likeness (QED) is 0.666. The molecule has 0 atom stereocenters. The fraction of sp³-hybridized carbons (Fsp3) is 0.118. The predicted molar refractivity (Wildman–Crippen MR) is 84.1 cm³/mol. The maximum absolute atomic E-state index is 5.87. The molecule has 4 heteroatoms. The second-order valence-electron chi connectivity index (χ2n) is 4.63. The second-order valence-corrected chi connectivity index (χ2v) is 5.01. The third kappa shape index (κ3) is 3.26. The van der Waals surface area contributed by atoms with Gasteiger partial charge < -0.3 is 9.47 Å². The van der Waals surface area contributed by atoms with E-state index in [0.29, 0.717) is 11.8 Å². The Morgan fingerprint density at radius 1 is 0.952 bits per heavy atom. The molecule has 0 unspecified atom stereocenters. The van der Waals surface area contributed by atoms with E-state index in [0.717, 1.165) is 28.0 Å². The van der Waals surface area contributed by atoms with Gasteiger partial charge in [-0.3, -0.25) is 0 Å². The van der Waals surface area contributed by atoms with Crippen molar-refractivity contribution in [2.75, 3.05) is 7.11 Å². The van der Waals surface area contributed by atoms with Gasteiger partial charge >= 0.3 is 0 Å². The van der Waals surface area contributed by atoms with Crippen molar-refractivity contribution in [2.24, 2.45) is 0 Å². The zero-order valence-corrected chi connectivity index (χ0v) is 12.3. The van der Waals surface area contributed by atoms with Crippen molar-refractivity contribution in [3.05, 3.63) is 65.3 Å². The number of hydrogen-bond donors (Lipinski definition) is 0. The molecule has 2 aromatic carbocycles. The Labute approximate surface area is 128 Å². The summed E-state index contributed by atoms with van der Waals surface area (Å²) in [5.41, 5.74) is 1.95. The minimum Gasteiger partial charge on any atom is -0.497 e. The first-order valence-corrected chi connectivity index (χ1v) is 6.94. The number of benzene rings is 2. The first-order valence-electron chi connectivity index (χ1n) is 6.57. The molecule has 0 aliphatic heterocycles. The second kappa shape index (κ2) is 6.02. The van der Waals surface area contributed by atoms with Crippen LogP contribution in [0.2, 0.25) is 5.15 Å². The Kier molecular flexibility index (Phi) is 3.93. The van der Waals surface area contributed by atoms with Crippen molar-refractivity contribution >= 4 is 22.5 Å². The number of hydrogen-bond acceptors (Lipinski definition) is 3. The number of aromatic nitrogens is 1. The average Bonchev–Trinajstić information content (AvgIpc) is 2.53. The van der Waals surface area contributed by atoms with E-state index < -0.39 is 0 Å². The van der Waals surface area contributed by atoms with Gasteiger partial charge in [0.05, 0.1) is 12.6 Å². The fourth-order valence-corrected chi connectivity index (χ4v) is 2.21. The predicted octanol–water partition coefficient (Wildman–Crippen LogP) is 4.48. The maximum Gasteiger partial charge on any atom is 0.129 e.